The van der Waals surface area contributed by atoms with E-state index in [4.69, 9.17) is 0 Å². The molecule has 0 aliphatic carbocycles. The summed E-state index contributed by atoms with van der Waals surface area (Å²) in [6.45, 7) is 0.724. The number of carbonyl (C=O) groups excluding carboxylic acids is 1. The SMILES string of the molecule is O=C1Nc2ccccc2/C1=C\Nc1ccc(NCc2cccnc2)cc1. The lowest BCUT2D eigenvalue weighted by atomic mass is 10.1. The van der Waals surface area contributed by atoms with Gasteiger partial charge in [0, 0.05) is 47.8 Å². The van der Waals surface area contributed by atoms with Gasteiger partial charge < -0.3 is 16.0 Å². The molecular formula is C21H18N4O. The van der Waals surface area contributed by atoms with Gasteiger partial charge in [-0.2, -0.15) is 0 Å². The van der Waals surface area contributed by atoms with Crippen LogP contribution >= 0.6 is 0 Å². The lowest BCUT2D eigenvalue weighted by Crippen LogP contribution is -2.05. The second-order valence-corrected chi connectivity index (χ2v) is 5.99. The van der Waals surface area contributed by atoms with Crippen LogP contribution in [0.3, 0.4) is 0 Å². The minimum Gasteiger partial charge on any atom is -0.381 e. The van der Waals surface area contributed by atoms with Crippen molar-refractivity contribution >= 4 is 28.5 Å². The number of para-hydroxylation sites is 1. The molecule has 0 bridgehead atoms. The van der Waals surface area contributed by atoms with Gasteiger partial charge in [0.1, 0.15) is 0 Å². The van der Waals surface area contributed by atoms with Crippen LogP contribution in [0.15, 0.2) is 79.3 Å². The minimum atomic E-state index is -0.0894. The first-order chi connectivity index (χ1) is 12.8. The highest BCUT2D eigenvalue weighted by molar-refractivity contribution is 6.31. The van der Waals surface area contributed by atoms with Crippen LogP contribution in [0.5, 0.6) is 0 Å². The Balaban J connectivity index is 1.41. The van der Waals surface area contributed by atoms with Crippen molar-refractivity contribution in [1.82, 2.24) is 4.98 Å². The maximum absolute atomic E-state index is 12.1. The highest BCUT2D eigenvalue weighted by atomic mass is 16.2. The molecule has 2 heterocycles. The number of nitrogens with zero attached hydrogens (tertiary/aromatic N) is 1. The van der Waals surface area contributed by atoms with E-state index in [1.54, 1.807) is 12.4 Å². The fourth-order valence-electron chi connectivity index (χ4n) is 2.83. The smallest absolute Gasteiger partial charge is 0.257 e. The lowest BCUT2D eigenvalue weighted by molar-refractivity contribution is -0.110. The Morgan fingerprint density at radius 1 is 0.962 bits per heavy atom. The van der Waals surface area contributed by atoms with E-state index in [1.807, 2.05) is 66.9 Å². The molecule has 1 aliphatic heterocycles. The van der Waals surface area contributed by atoms with Crippen LogP contribution in [0.2, 0.25) is 0 Å². The molecule has 128 valence electrons. The van der Waals surface area contributed by atoms with Crippen molar-refractivity contribution in [2.75, 3.05) is 16.0 Å². The van der Waals surface area contributed by atoms with Gasteiger partial charge in [0.05, 0.1) is 5.57 Å². The number of nitrogens with one attached hydrogen (secondary N) is 3. The van der Waals surface area contributed by atoms with Gasteiger partial charge in [-0.15, -0.1) is 0 Å². The molecule has 0 atom stereocenters. The third kappa shape index (κ3) is 3.42. The summed E-state index contributed by atoms with van der Waals surface area (Å²) in [5.41, 5.74) is 5.47. The molecule has 0 saturated heterocycles. The number of anilines is 3. The summed E-state index contributed by atoms with van der Waals surface area (Å²) in [7, 11) is 0. The Bertz CT molecular complexity index is 949. The van der Waals surface area contributed by atoms with Crippen LogP contribution in [-0.2, 0) is 11.3 Å². The second kappa shape index (κ2) is 7.11. The first kappa shape index (κ1) is 15.9. The van der Waals surface area contributed by atoms with E-state index in [0.29, 0.717) is 5.57 Å². The third-order valence-corrected chi connectivity index (χ3v) is 4.20. The Morgan fingerprint density at radius 2 is 1.77 bits per heavy atom. The van der Waals surface area contributed by atoms with Crippen LogP contribution in [-0.4, -0.2) is 10.9 Å². The van der Waals surface area contributed by atoms with E-state index in [9.17, 15) is 4.79 Å². The molecule has 4 rings (SSSR count). The normalized spacial score (nSPS) is 14.0. The van der Waals surface area contributed by atoms with Crippen molar-refractivity contribution in [3.63, 3.8) is 0 Å². The van der Waals surface area contributed by atoms with Gasteiger partial charge in [-0.05, 0) is 42.0 Å². The topological polar surface area (TPSA) is 66.1 Å². The number of rotatable bonds is 5. The molecule has 3 N–H and O–H groups in total. The van der Waals surface area contributed by atoms with E-state index in [1.165, 1.54) is 0 Å². The first-order valence-electron chi connectivity index (χ1n) is 8.40. The number of fused-ring (bicyclic) bond motifs is 1. The van der Waals surface area contributed by atoms with Gasteiger partial charge in [0.2, 0.25) is 0 Å². The highest BCUT2D eigenvalue weighted by Gasteiger charge is 2.23. The Labute approximate surface area is 151 Å². The van der Waals surface area contributed by atoms with Crippen LogP contribution < -0.4 is 16.0 Å². The quantitative estimate of drug-likeness (QED) is 0.611. The molecule has 1 aliphatic rings. The molecule has 0 spiro atoms. The molecule has 2 aromatic carbocycles. The number of benzene rings is 2. The summed E-state index contributed by atoms with van der Waals surface area (Å²) < 4.78 is 0. The Morgan fingerprint density at radius 3 is 2.58 bits per heavy atom. The summed E-state index contributed by atoms with van der Waals surface area (Å²) in [4.78, 5) is 16.2. The number of amides is 1. The summed E-state index contributed by atoms with van der Waals surface area (Å²) >= 11 is 0. The van der Waals surface area contributed by atoms with Gasteiger partial charge >= 0.3 is 0 Å². The van der Waals surface area contributed by atoms with Crippen molar-refractivity contribution in [3.05, 3.63) is 90.4 Å². The van der Waals surface area contributed by atoms with Gasteiger partial charge in [0.15, 0.2) is 0 Å². The minimum absolute atomic E-state index is 0.0894. The molecular weight excluding hydrogens is 324 g/mol. The molecule has 1 amide bonds. The molecule has 5 heteroatoms. The molecule has 0 unspecified atom stereocenters. The number of hydrogen-bond acceptors (Lipinski definition) is 4. The average molecular weight is 342 g/mol. The molecule has 3 aromatic rings. The number of hydrogen-bond donors (Lipinski definition) is 3. The predicted octanol–water partition coefficient (Wildman–Crippen LogP) is 4.10. The van der Waals surface area contributed by atoms with Crippen molar-refractivity contribution < 1.29 is 4.79 Å². The van der Waals surface area contributed by atoms with Crippen molar-refractivity contribution in [2.24, 2.45) is 0 Å². The first-order valence-corrected chi connectivity index (χ1v) is 8.40. The second-order valence-electron chi connectivity index (χ2n) is 5.99. The lowest BCUT2D eigenvalue weighted by Gasteiger charge is -2.08. The van der Waals surface area contributed by atoms with Crippen LogP contribution in [0, 0.1) is 0 Å². The van der Waals surface area contributed by atoms with Crippen LogP contribution in [0.4, 0.5) is 17.1 Å². The number of pyridine rings is 1. The van der Waals surface area contributed by atoms with Crippen molar-refractivity contribution in [3.8, 4) is 0 Å². The van der Waals surface area contributed by atoms with E-state index >= 15 is 0 Å². The maximum atomic E-state index is 12.1. The molecule has 1 aromatic heterocycles. The molecule has 5 nitrogen and oxygen atoms in total. The summed E-state index contributed by atoms with van der Waals surface area (Å²) in [6.07, 6.45) is 5.36. The van der Waals surface area contributed by atoms with Gasteiger partial charge in [-0.1, -0.05) is 24.3 Å². The standard InChI is InChI=1S/C21H18N4O/c26-21-19(18-5-1-2-6-20(18)25-21)14-24-17-9-7-16(8-10-17)23-13-15-4-3-11-22-12-15/h1-12,14,23-24H,13H2,(H,25,26)/b19-14+. The molecule has 0 saturated carbocycles. The fourth-order valence-corrected chi connectivity index (χ4v) is 2.83. The number of carbonyl (C=O) groups is 1. The Hall–Kier alpha value is -3.60. The van der Waals surface area contributed by atoms with E-state index in [-0.39, 0.29) is 5.91 Å². The van der Waals surface area contributed by atoms with E-state index in [0.717, 1.165) is 34.7 Å². The summed E-state index contributed by atoms with van der Waals surface area (Å²) in [5, 5.41) is 9.42. The van der Waals surface area contributed by atoms with Crippen molar-refractivity contribution in [2.45, 2.75) is 6.54 Å². The van der Waals surface area contributed by atoms with Gasteiger partial charge in [0.25, 0.3) is 5.91 Å². The summed E-state index contributed by atoms with van der Waals surface area (Å²) in [5.74, 6) is -0.0894. The third-order valence-electron chi connectivity index (χ3n) is 4.20. The average Bonchev–Trinajstić information content (AvgIpc) is 3.01. The summed E-state index contributed by atoms with van der Waals surface area (Å²) in [6, 6.07) is 19.6. The Kier molecular flexibility index (Phi) is 4.35. The molecule has 26 heavy (non-hydrogen) atoms. The van der Waals surface area contributed by atoms with E-state index in [2.05, 4.69) is 20.9 Å². The molecule has 0 radical (unpaired) electrons. The fraction of sp³-hybridized carbons (Fsp3) is 0.0476. The maximum Gasteiger partial charge on any atom is 0.257 e. The van der Waals surface area contributed by atoms with Gasteiger partial charge in [-0.25, -0.2) is 0 Å². The van der Waals surface area contributed by atoms with Crippen LogP contribution in [0.25, 0.3) is 5.57 Å². The number of aromatic nitrogens is 1. The predicted molar refractivity (Wildman–Crippen MR) is 105 cm³/mol. The zero-order valence-electron chi connectivity index (χ0n) is 14.1. The zero-order valence-corrected chi connectivity index (χ0v) is 14.1. The largest absolute Gasteiger partial charge is 0.381 e. The van der Waals surface area contributed by atoms with Crippen molar-refractivity contribution in [1.29, 1.82) is 0 Å². The van der Waals surface area contributed by atoms with E-state index < -0.39 is 0 Å². The van der Waals surface area contributed by atoms with Gasteiger partial charge in [-0.3, -0.25) is 9.78 Å². The van der Waals surface area contributed by atoms with Crippen LogP contribution in [0.1, 0.15) is 11.1 Å². The monoisotopic (exact) mass is 342 g/mol. The zero-order chi connectivity index (χ0) is 17.8. The molecule has 0 fully saturated rings. The highest BCUT2D eigenvalue weighted by Crippen LogP contribution is 2.31.